The quantitative estimate of drug-likeness (QED) is 0.845. The van der Waals surface area contributed by atoms with Gasteiger partial charge in [-0.2, -0.15) is 5.26 Å². The van der Waals surface area contributed by atoms with Crippen molar-refractivity contribution in [2.24, 2.45) is 0 Å². The molecule has 0 bridgehead atoms. The number of aryl methyl sites for hydroxylation is 1. The molecule has 1 aliphatic rings. The van der Waals surface area contributed by atoms with Crippen molar-refractivity contribution in [3.8, 4) is 6.07 Å². The van der Waals surface area contributed by atoms with E-state index in [4.69, 9.17) is 9.68 Å². The molecule has 86 valence electrons. The fraction of sp³-hybridized carbons (Fsp3) is 0.615. The highest BCUT2D eigenvalue weighted by atomic mass is 16.3. The molecule has 3 nitrogen and oxygen atoms in total. The number of hydrogen-bond donors (Lipinski definition) is 1. The summed E-state index contributed by atoms with van der Waals surface area (Å²) in [5.41, 5.74) is 1.29. The van der Waals surface area contributed by atoms with Crippen LogP contribution in [0.4, 0.5) is 0 Å². The Bertz CT molecular complexity index is 378. The first kappa shape index (κ1) is 11.2. The summed E-state index contributed by atoms with van der Waals surface area (Å²) in [6, 6.07) is 4.98. The highest BCUT2D eigenvalue weighted by Gasteiger charge is 2.24. The van der Waals surface area contributed by atoms with Crippen LogP contribution < -0.4 is 5.32 Å². The van der Waals surface area contributed by atoms with Gasteiger partial charge in [0, 0.05) is 24.1 Å². The van der Waals surface area contributed by atoms with Crippen molar-refractivity contribution in [3.05, 3.63) is 23.7 Å². The van der Waals surface area contributed by atoms with Crippen LogP contribution in [0.25, 0.3) is 0 Å². The standard InChI is InChI=1S/C13H18N2O/c1-2-10(6-8-14)15-12-4-3-5-13-11(12)7-9-16-13/h7,9-10,12,15H,2-6H2,1H3. The molecule has 0 radical (unpaired) electrons. The average Bonchev–Trinajstić information content (AvgIpc) is 2.77. The second-order valence-corrected chi connectivity index (χ2v) is 4.38. The third-order valence-electron chi connectivity index (χ3n) is 3.32. The van der Waals surface area contributed by atoms with Crippen LogP contribution in [0.5, 0.6) is 0 Å². The molecule has 2 rings (SSSR count). The fourth-order valence-corrected chi connectivity index (χ4v) is 2.38. The molecule has 0 saturated heterocycles. The first-order valence-corrected chi connectivity index (χ1v) is 6.04. The topological polar surface area (TPSA) is 49.0 Å². The number of rotatable bonds is 4. The normalized spacial score (nSPS) is 21.1. The molecule has 1 N–H and O–H groups in total. The summed E-state index contributed by atoms with van der Waals surface area (Å²) < 4.78 is 5.46. The Balaban J connectivity index is 2.04. The van der Waals surface area contributed by atoms with E-state index >= 15 is 0 Å². The maximum absolute atomic E-state index is 8.74. The Labute approximate surface area is 96.4 Å². The SMILES string of the molecule is CCC(CC#N)NC1CCCc2occc21. The van der Waals surface area contributed by atoms with E-state index in [-0.39, 0.29) is 0 Å². The molecule has 1 aromatic rings. The van der Waals surface area contributed by atoms with Crippen molar-refractivity contribution in [2.75, 3.05) is 0 Å². The number of nitrogens with zero attached hydrogens (tertiary/aromatic N) is 1. The monoisotopic (exact) mass is 218 g/mol. The van der Waals surface area contributed by atoms with Crippen molar-refractivity contribution in [2.45, 2.75) is 51.1 Å². The van der Waals surface area contributed by atoms with E-state index in [0.717, 1.165) is 25.0 Å². The molecule has 2 unspecified atom stereocenters. The van der Waals surface area contributed by atoms with Gasteiger partial charge >= 0.3 is 0 Å². The van der Waals surface area contributed by atoms with Gasteiger partial charge in [-0.15, -0.1) is 0 Å². The van der Waals surface area contributed by atoms with Gasteiger partial charge < -0.3 is 9.73 Å². The molecule has 1 aromatic heterocycles. The Morgan fingerprint density at radius 1 is 1.69 bits per heavy atom. The Kier molecular flexibility index (Phi) is 3.63. The summed E-state index contributed by atoms with van der Waals surface area (Å²) in [4.78, 5) is 0. The maximum Gasteiger partial charge on any atom is 0.108 e. The van der Waals surface area contributed by atoms with Gasteiger partial charge in [0.15, 0.2) is 0 Å². The van der Waals surface area contributed by atoms with E-state index in [1.54, 1.807) is 6.26 Å². The van der Waals surface area contributed by atoms with Crippen molar-refractivity contribution in [1.82, 2.24) is 5.32 Å². The Hall–Kier alpha value is -1.27. The molecule has 0 fully saturated rings. The van der Waals surface area contributed by atoms with E-state index in [0.29, 0.717) is 18.5 Å². The van der Waals surface area contributed by atoms with Crippen LogP contribution in [0.2, 0.25) is 0 Å². The number of furan rings is 1. The highest BCUT2D eigenvalue weighted by molar-refractivity contribution is 5.24. The summed E-state index contributed by atoms with van der Waals surface area (Å²) in [5.74, 6) is 1.12. The number of nitrogens with one attached hydrogen (secondary N) is 1. The molecule has 0 aromatic carbocycles. The largest absolute Gasteiger partial charge is 0.469 e. The van der Waals surface area contributed by atoms with Crippen molar-refractivity contribution >= 4 is 0 Å². The molecule has 0 aliphatic heterocycles. The van der Waals surface area contributed by atoms with Crippen LogP contribution in [-0.4, -0.2) is 6.04 Å². The van der Waals surface area contributed by atoms with Crippen LogP contribution in [0, 0.1) is 11.3 Å². The fourth-order valence-electron chi connectivity index (χ4n) is 2.38. The predicted molar refractivity (Wildman–Crippen MR) is 61.8 cm³/mol. The van der Waals surface area contributed by atoms with E-state index in [2.05, 4.69) is 24.4 Å². The minimum absolute atomic E-state index is 0.302. The summed E-state index contributed by atoms with van der Waals surface area (Å²) in [7, 11) is 0. The zero-order chi connectivity index (χ0) is 11.4. The average molecular weight is 218 g/mol. The number of hydrogen-bond acceptors (Lipinski definition) is 3. The lowest BCUT2D eigenvalue weighted by Crippen LogP contribution is -2.33. The third-order valence-corrected chi connectivity index (χ3v) is 3.32. The molecule has 0 saturated carbocycles. The predicted octanol–water partition coefficient (Wildman–Crippen LogP) is 2.94. The van der Waals surface area contributed by atoms with Crippen LogP contribution in [-0.2, 0) is 6.42 Å². The summed E-state index contributed by atoms with van der Waals surface area (Å²) in [5, 5.41) is 12.3. The molecule has 2 atom stereocenters. The number of fused-ring (bicyclic) bond motifs is 1. The van der Waals surface area contributed by atoms with Gasteiger partial charge in [-0.1, -0.05) is 6.92 Å². The summed E-state index contributed by atoms with van der Waals surface area (Å²) >= 11 is 0. The minimum atomic E-state index is 0.302. The molecular formula is C13H18N2O. The van der Waals surface area contributed by atoms with Gasteiger partial charge in [0.25, 0.3) is 0 Å². The minimum Gasteiger partial charge on any atom is -0.469 e. The van der Waals surface area contributed by atoms with E-state index in [1.807, 2.05) is 0 Å². The van der Waals surface area contributed by atoms with Gasteiger partial charge in [-0.3, -0.25) is 0 Å². The Morgan fingerprint density at radius 2 is 2.56 bits per heavy atom. The Morgan fingerprint density at radius 3 is 3.31 bits per heavy atom. The first-order valence-electron chi connectivity index (χ1n) is 6.04. The van der Waals surface area contributed by atoms with E-state index < -0.39 is 0 Å². The van der Waals surface area contributed by atoms with Crippen LogP contribution in [0.15, 0.2) is 16.7 Å². The van der Waals surface area contributed by atoms with Gasteiger partial charge in [0.1, 0.15) is 5.76 Å². The van der Waals surface area contributed by atoms with Crippen LogP contribution in [0.1, 0.15) is 50.0 Å². The maximum atomic E-state index is 8.74. The highest BCUT2D eigenvalue weighted by Crippen LogP contribution is 2.31. The van der Waals surface area contributed by atoms with E-state index in [1.165, 1.54) is 12.0 Å². The molecule has 0 amide bonds. The van der Waals surface area contributed by atoms with Crippen molar-refractivity contribution < 1.29 is 4.42 Å². The molecule has 3 heteroatoms. The molecule has 1 heterocycles. The molecular weight excluding hydrogens is 200 g/mol. The second kappa shape index (κ2) is 5.18. The molecule has 1 aliphatic carbocycles. The molecule has 16 heavy (non-hydrogen) atoms. The van der Waals surface area contributed by atoms with Crippen molar-refractivity contribution in [1.29, 1.82) is 5.26 Å². The van der Waals surface area contributed by atoms with Crippen LogP contribution in [0.3, 0.4) is 0 Å². The van der Waals surface area contributed by atoms with E-state index in [9.17, 15) is 0 Å². The van der Waals surface area contributed by atoms with Gasteiger partial charge in [-0.25, -0.2) is 0 Å². The second-order valence-electron chi connectivity index (χ2n) is 4.38. The smallest absolute Gasteiger partial charge is 0.108 e. The lowest BCUT2D eigenvalue weighted by Gasteiger charge is -2.26. The number of nitriles is 1. The molecule has 0 spiro atoms. The lowest BCUT2D eigenvalue weighted by molar-refractivity contribution is 0.368. The zero-order valence-electron chi connectivity index (χ0n) is 9.70. The zero-order valence-corrected chi connectivity index (χ0v) is 9.70. The van der Waals surface area contributed by atoms with Gasteiger partial charge in [0.2, 0.25) is 0 Å². The lowest BCUT2D eigenvalue weighted by atomic mass is 9.92. The van der Waals surface area contributed by atoms with Crippen LogP contribution >= 0.6 is 0 Å². The first-order chi connectivity index (χ1) is 7.85. The summed E-state index contributed by atoms with van der Waals surface area (Å²) in [6.07, 6.45) is 6.72. The van der Waals surface area contributed by atoms with Gasteiger partial charge in [0.05, 0.1) is 18.8 Å². The van der Waals surface area contributed by atoms with Gasteiger partial charge in [-0.05, 0) is 25.3 Å². The third kappa shape index (κ3) is 2.28. The summed E-state index contributed by atoms with van der Waals surface area (Å²) in [6.45, 7) is 2.12. The van der Waals surface area contributed by atoms with Crippen molar-refractivity contribution in [3.63, 3.8) is 0 Å².